The van der Waals surface area contributed by atoms with Crippen molar-refractivity contribution in [2.45, 2.75) is 25.8 Å². The Hall–Kier alpha value is -3.40. The molecule has 1 unspecified atom stereocenters. The van der Waals surface area contributed by atoms with Crippen LogP contribution in [-0.4, -0.2) is 65.2 Å². The SMILES string of the molecule is CCOC1=NC(CNc2ccc(Cc3c[nH]c4nn(C)c(OCCOC)c34)c(F)n2)CC=C1. The summed E-state index contributed by atoms with van der Waals surface area (Å²) in [5.74, 6) is 1.22. The van der Waals surface area contributed by atoms with Crippen molar-refractivity contribution in [3.63, 3.8) is 0 Å². The average molecular weight is 457 g/mol. The fourth-order valence-corrected chi connectivity index (χ4v) is 3.74. The Bertz CT molecular complexity index is 1150. The van der Waals surface area contributed by atoms with Gasteiger partial charge in [-0.2, -0.15) is 9.49 Å². The van der Waals surface area contributed by atoms with Crippen molar-refractivity contribution in [2.24, 2.45) is 12.0 Å². The molecule has 0 radical (unpaired) electrons. The van der Waals surface area contributed by atoms with Gasteiger partial charge in [0.1, 0.15) is 12.4 Å². The lowest BCUT2D eigenvalue weighted by molar-refractivity contribution is 0.142. The smallest absolute Gasteiger partial charge is 0.221 e. The summed E-state index contributed by atoms with van der Waals surface area (Å²) < 4.78 is 32.9. The van der Waals surface area contributed by atoms with Gasteiger partial charge in [0.25, 0.3) is 0 Å². The first-order chi connectivity index (χ1) is 16.1. The number of hydrogen-bond donors (Lipinski definition) is 2. The fourth-order valence-electron chi connectivity index (χ4n) is 3.74. The summed E-state index contributed by atoms with van der Waals surface area (Å²) >= 11 is 0. The van der Waals surface area contributed by atoms with Gasteiger partial charge in [0, 0.05) is 38.9 Å². The molecule has 9 nitrogen and oxygen atoms in total. The summed E-state index contributed by atoms with van der Waals surface area (Å²) in [4.78, 5) is 11.8. The summed E-state index contributed by atoms with van der Waals surface area (Å²) in [5, 5.41) is 8.44. The molecule has 0 fully saturated rings. The number of hydrogen-bond acceptors (Lipinski definition) is 7. The topological polar surface area (TPSA) is 98.6 Å². The molecule has 3 aromatic heterocycles. The van der Waals surface area contributed by atoms with Gasteiger partial charge < -0.3 is 24.5 Å². The Kier molecular flexibility index (Phi) is 7.23. The van der Waals surface area contributed by atoms with Crippen LogP contribution < -0.4 is 10.1 Å². The van der Waals surface area contributed by atoms with Crippen LogP contribution in [0.4, 0.5) is 10.2 Å². The third-order valence-corrected chi connectivity index (χ3v) is 5.32. The third-order valence-electron chi connectivity index (χ3n) is 5.32. The molecule has 0 bridgehead atoms. The highest BCUT2D eigenvalue weighted by atomic mass is 19.1. The van der Waals surface area contributed by atoms with Crippen LogP contribution in [0.3, 0.4) is 0 Å². The quantitative estimate of drug-likeness (QED) is 0.359. The Labute approximate surface area is 191 Å². The Morgan fingerprint density at radius 2 is 2.12 bits per heavy atom. The van der Waals surface area contributed by atoms with E-state index in [9.17, 15) is 4.39 Å². The van der Waals surface area contributed by atoms with Crippen molar-refractivity contribution in [1.82, 2.24) is 19.7 Å². The van der Waals surface area contributed by atoms with Crippen molar-refractivity contribution in [1.29, 1.82) is 0 Å². The minimum absolute atomic E-state index is 0.0244. The van der Waals surface area contributed by atoms with Gasteiger partial charge in [0.05, 0.1) is 24.6 Å². The number of anilines is 1. The molecule has 10 heteroatoms. The van der Waals surface area contributed by atoms with E-state index in [1.54, 1.807) is 23.9 Å². The maximum Gasteiger partial charge on any atom is 0.221 e. The molecule has 0 saturated carbocycles. The van der Waals surface area contributed by atoms with Crippen molar-refractivity contribution in [3.8, 4) is 5.88 Å². The number of aromatic nitrogens is 4. The second kappa shape index (κ2) is 10.5. The Morgan fingerprint density at radius 3 is 2.91 bits per heavy atom. The standard InChI is InChI=1S/C23H29FN6O3/c1-4-32-19-7-5-6-17(27-19)14-25-18-9-8-15(21(24)28-18)12-16-13-26-22-20(16)23(30(2)29-22)33-11-10-31-3/h5,7-9,13,17H,4,6,10-12,14H2,1-3H3,(H,25,28)(H,26,29). The monoisotopic (exact) mass is 456 g/mol. The molecule has 0 spiro atoms. The first kappa shape index (κ1) is 22.8. The highest BCUT2D eigenvalue weighted by molar-refractivity contribution is 5.88. The molecule has 176 valence electrons. The van der Waals surface area contributed by atoms with E-state index < -0.39 is 5.95 Å². The lowest BCUT2D eigenvalue weighted by Gasteiger charge is -2.17. The van der Waals surface area contributed by atoms with E-state index >= 15 is 0 Å². The normalized spacial score (nSPS) is 15.6. The molecule has 4 rings (SSSR count). The second-order valence-corrected chi connectivity index (χ2v) is 7.70. The number of nitrogens with zero attached hydrogens (tertiary/aromatic N) is 4. The minimum atomic E-state index is -0.512. The van der Waals surface area contributed by atoms with Crippen molar-refractivity contribution in [3.05, 3.63) is 47.6 Å². The van der Waals surface area contributed by atoms with E-state index in [0.29, 0.717) is 61.6 Å². The number of aromatic amines is 1. The lowest BCUT2D eigenvalue weighted by atomic mass is 10.1. The Morgan fingerprint density at radius 1 is 1.24 bits per heavy atom. The molecule has 1 atom stereocenters. The zero-order chi connectivity index (χ0) is 23.2. The maximum atomic E-state index is 14.8. The van der Waals surface area contributed by atoms with Gasteiger partial charge in [-0.1, -0.05) is 12.1 Å². The molecule has 2 N–H and O–H groups in total. The number of H-pyrrole nitrogens is 1. The molecule has 3 aromatic rings. The van der Waals surface area contributed by atoms with Gasteiger partial charge in [-0.25, -0.2) is 14.7 Å². The van der Waals surface area contributed by atoms with Crippen LogP contribution in [0.25, 0.3) is 11.0 Å². The number of nitrogens with one attached hydrogen (secondary N) is 2. The summed E-state index contributed by atoms with van der Waals surface area (Å²) in [5.41, 5.74) is 2.07. The highest BCUT2D eigenvalue weighted by Gasteiger charge is 2.18. The summed E-state index contributed by atoms with van der Waals surface area (Å²) in [6.45, 7) is 3.91. The average Bonchev–Trinajstić information content (AvgIpc) is 3.33. The molecule has 0 saturated heterocycles. The van der Waals surface area contributed by atoms with Crippen LogP contribution in [0.2, 0.25) is 0 Å². The second-order valence-electron chi connectivity index (χ2n) is 7.70. The third kappa shape index (κ3) is 5.33. The van der Waals surface area contributed by atoms with Crippen LogP contribution in [-0.2, 0) is 22.9 Å². The predicted molar refractivity (Wildman–Crippen MR) is 125 cm³/mol. The van der Waals surface area contributed by atoms with Crippen LogP contribution in [0.5, 0.6) is 5.88 Å². The molecule has 0 aromatic carbocycles. The number of rotatable bonds is 10. The Balaban J connectivity index is 1.44. The van der Waals surface area contributed by atoms with Crippen molar-refractivity contribution >= 4 is 22.7 Å². The molecular formula is C23H29FN6O3. The van der Waals surface area contributed by atoms with E-state index in [1.807, 2.05) is 32.3 Å². The zero-order valence-electron chi connectivity index (χ0n) is 19.1. The van der Waals surface area contributed by atoms with Gasteiger partial charge in [0.2, 0.25) is 17.7 Å². The van der Waals surface area contributed by atoms with Crippen LogP contribution in [0, 0.1) is 5.95 Å². The van der Waals surface area contributed by atoms with Crippen LogP contribution in [0.1, 0.15) is 24.5 Å². The number of methoxy groups -OCH3 is 1. The predicted octanol–water partition coefficient (Wildman–Crippen LogP) is 3.23. The zero-order valence-corrected chi connectivity index (χ0v) is 19.1. The van der Waals surface area contributed by atoms with Gasteiger partial charge in [-0.3, -0.25) is 0 Å². The van der Waals surface area contributed by atoms with E-state index in [-0.39, 0.29) is 6.04 Å². The molecule has 4 heterocycles. The number of dihydropyridines is 1. The van der Waals surface area contributed by atoms with Gasteiger partial charge in [-0.05, 0) is 31.1 Å². The maximum absolute atomic E-state index is 14.8. The van der Waals surface area contributed by atoms with Gasteiger partial charge in [0.15, 0.2) is 5.65 Å². The van der Waals surface area contributed by atoms with E-state index in [2.05, 4.69) is 25.4 Å². The first-order valence-corrected chi connectivity index (χ1v) is 11.0. The lowest BCUT2D eigenvalue weighted by Crippen LogP contribution is -2.22. The number of pyridine rings is 1. The van der Waals surface area contributed by atoms with Crippen LogP contribution >= 0.6 is 0 Å². The number of aryl methyl sites for hydroxylation is 1. The number of halogens is 1. The van der Waals surface area contributed by atoms with Crippen molar-refractivity contribution < 1.29 is 18.6 Å². The molecule has 0 amide bonds. The van der Waals surface area contributed by atoms with E-state index in [4.69, 9.17) is 14.2 Å². The summed E-state index contributed by atoms with van der Waals surface area (Å²) in [6, 6.07) is 3.56. The van der Waals surface area contributed by atoms with E-state index in [1.165, 1.54) is 0 Å². The molecule has 1 aliphatic rings. The molecule has 1 aliphatic heterocycles. The largest absolute Gasteiger partial charge is 0.478 e. The highest BCUT2D eigenvalue weighted by Crippen LogP contribution is 2.30. The molecular weight excluding hydrogens is 427 g/mol. The summed E-state index contributed by atoms with van der Waals surface area (Å²) in [6.07, 6.45) is 6.90. The summed E-state index contributed by atoms with van der Waals surface area (Å²) in [7, 11) is 3.43. The van der Waals surface area contributed by atoms with Gasteiger partial charge >= 0.3 is 0 Å². The van der Waals surface area contributed by atoms with Crippen LogP contribution in [0.15, 0.2) is 35.5 Å². The fraction of sp³-hybridized carbons (Fsp3) is 0.435. The minimum Gasteiger partial charge on any atom is -0.478 e. The van der Waals surface area contributed by atoms with E-state index in [0.717, 1.165) is 17.4 Å². The first-order valence-electron chi connectivity index (χ1n) is 11.0. The molecule has 0 aliphatic carbocycles. The van der Waals surface area contributed by atoms with Crippen molar-refractivity contribution in [2.75, 3.05) is 38.8 Å². The number of fused-ring (bicyclic) bond motifs is 1. The number of ether oxygens (including phenoxy) is 3. The molecule has 33 heavy (non-hydrogen) atoms. The van der Waals surface area contributed by atoms with Gasteiger partial charge in [-0.15, -0.1) is 0 Å². The number of aliphatic imine (C=N–C) groups is 1.